The normalized spacial score (nSPS) is 24.0. The summed E-state index contributed by atoms with van der Waals surface area (Å²) >= 11 is 0. The van der Waals surface area contributed by atoms with Gasteiger partial charge in [-0.25, -0.2) is 14.2 Å². The quantitative estimate of drug-likeness (QED) is 0.136. The van der Waals surface area contributed by atoms with E-state index in [-0.39, 0.29) is 35.6 Å². The van der Waals surface area contributed by atoms with Gasteiger partial charge in [0.2, 0.25) is 5.91 Å². The number of piperazine rings is 1. The third kappa shape index (κ3) is 7.39. The number of hydrogen-bond donors (Lipinski definition) is 3. The van der Waals surface area contributed by atoms with Crippen LogP contribution < -0.4 is 30.7 Å². The smallest absolute Gasteiger partial charge is 0.328 e. The van der Waals surface area contributed by atoms with Gasteiger partial charge in [-0.15, -0.1) is 10.2 Å². The number of para-hydroxylation sites is 1. The van der Waals surface area contributed by atoms with Gasteiger partial charge in [-0.05, 0) is 143 Å². The van der Waals surface area contributed by atoms with Crippen LogP contribution >= 0.6 is 0 Å². The third-order valence-corrected chi connectivity index (χ3v) is 16.2. The van der Waals surface area contributed by atoms with Crippen molar-refractivity contribution in [1.29, 1.82) is 0 Å². The summed E-state index contributed by atoms with van der Waals surface area (Å²) in [6, 6.07) is 17.5. The Balaban J connectivity index is 0.645. The van der Waals surface area contributed by atoms with Crippen LogP contribution in [0.2, 0.25) is 0 Å². The van der Waals surface area contributed by atoms with Crippen molar-refractivity contribution in [3.05, 3.63) is 78.4 Å². The van der Waals surface area contributed by atoms with E-state index in [1.165, 1.54) is 44.1 Å². The number of amides is 3. The molecule has 7 fully saturated rings. The van der Waals surface area contributed by atoms with Crippen molar-refractivity contribution in [2.24, 2.45) is 11.3 Å². The van der Waals surface area contributed by atoms with Crippen LogP contribution in [0.4, 0.5) is 37.8 Å². The predicted molar refractivity (Wildman–Crippen MR) is 250 cm³/mol. The lowest BCUT2D eigenvalue weighted by molar-refractivity contribution is -0.120. The van der Waals surface area contributed by atoms with Gasteiger partial charge < -0.3 is 35.0 Å². The summed E-state index contributed by atoms with van der Waals surface area (Å²) in [6.45, 7) is 7.08. The Bertz CT molecular complexity index is 2650. The first kappa shape index (κ1) is 40.5. The van der Waals surface area contributed by atoms with Crippen molar-refractivity contribution in [3.63, 3.8) is 0 Å². The molecule has 0 radical (unpaired) electrons. The first-order chi connectivity index (χ1) is 31.6. The van der Waals surface area contributed by atoms with E-state index in [1.807, 2.05) is 24.3 Å². The summed E-state index contributed by atoms with van der Waals surface area (Å²) in [4.78, 5) is 40.8. The zero-order chi connectivity index (χ0) is 44.0. The van der Waals surface area contributed by atoms with Gasteiger partial charge in [0.05, 0.1) is 29.0 Å². The monoisotopic (exact) mass is 879 g/mol. The average Bonchev–Trinajstić information content (AvgIpc) is 4.03. The maximum absolute atomic E-state index is 15.7. The molecule has 14 nitrogen and oxygen atoms in total. The van der Waals surface area contributed by atoms with Gasteiger partial charge in [0.1, 0.15) is 17.2 Å². The Hall–Kier alpha value is -5.96. The second-order valence-corrected chi connectivity index (χ2v) is 20.2. The molecular formula is C50H58FN11O3. The third-order valence-electron chi connectivity index (χ3n) is 16.2. The largest absolute Gasteiger partial charge is 0.507 e. The molecule has 8 heterocycles. The molecule has 5 aromatic rings. The number of anilines is 5. The van der Waals surface area contributed by atoms with Gasteiger partial charge >= 0.3 is 6.03 Å². The molecule has 65 heavy (non-hydrogen) atoms. The van der Waals surface area contributed by atoms with Crippen LogP contribution in [0, 0.1) is 17.2 Å². The number of piperidine rings is 2. The molecule has 338 valence electrons. The molecule has 3 amide bonds. The molecule has 0 unspecified atom stereocenters. The van der Waals surface area contributed by atoms with Crippen molar-refractivity contribution in [1.82, 2.24) is 30.0 Å². The highest BCUT2D eigenvalue weighted by Gasteiger charge is 2.48. The van der Waals surface area contributed by atoms with Gasteiger partial charge in [-0.1, -0.05) is 12.1 Å². The minimum Gasteiger partial charge on any atom is -0.507 e. The van der Waals surface area contributed by atoms with E-state index in [2.05, 4.69) is 58.0 Å². The van der Waals surface area contributed by atoms with Crippen molar-refractivity contribution in [3.8, 4) is 17.0 Å². The van der Waals surface area contributed by atoms with Crippen LogP contribution in [0.5, 0.6) is 5.75 Å². The molecule has 2 bridgehead atoms. The first-order valence-electron chi connectivity index (χ1n) is 24.0. The van der Waals surface area contributed by atoms with Gasteiger partial charge in [0, 0.05) is 86.6 Å². The number of nitrogens with one attached hydrogen (secondary N) is 1. The Morgan fingerprint density at radius 2 is 1.58 bits per heavy atom. The van der Waals surface area contributed by atoms with E-state index < -0.39 is 0 Å². The average molecular weight is 880 g/mol. The number of imide groups is 1. The van der Waals surface area contributed by atoms with Crippen LogP contribution in [0.3, 0.4) is 0 Å². The zero-order valence-electron chi connectivity index (χ0n) is 36.9. The Kier molecular flexibility index (Phi) is 9.91. The SMILES string of the molecule is Nc1nnc(-c2ccccc2O)cc1N1C[C@H]2CC[C@@H](C1)N2c1ccc(F)c(N2CCC(CN3CCC4(CC3)CC(n3cc(C5CC5)c5cc(N6CCC(=O)NC6=O)cnc53)C4)CC2)c1. The lowest BCUT2D eigenvalue weighted by atomic mass is 9.60. The number of aromatic hydroxyl groups is 1. The van der Waals surface area contributed by atoms with E-state index in [0.717, 1.165) is 105 Å². The topological polar surface area (TPSA) is 152 Å². The highest BCUT2D eigenvalue weighted by molar-refractivity contribution is 6.06. The number of aromatic nitrogens is 4. The second-order valence-electron chi connectivity index (χ2n) is 20.2. The van der Waals surface area contributed by atoms with E-state index in [0.29, 0.717) is 53.3 Å². The number of nitrogens with two attached hydrogens (primary N) is 1. The minimum absolute atomic E-state index is 0.145. The van der Waals surface area contributed by atoms with E-state index in [9.17, 15) is 14.7 Å². The highest BCUT2D eigenvalue weighted by Crippen LogP contribution is 2.56. The van der Waals surface area contributed by atoms with Crippen LogP contribution in [0.1, 0.15) is 88.2 Å². The van der Waals surface area contributed by atoms with Crippen molar-refractivity contribution >= 4 is 51.5 Å². The molecule has 2 atom stereocenters. The lowest BCUT2D eigenvalue weighted by Gasteiger charge is -2.53. The van der Waals surface area contributed by atoms with Crippen LogP contribution in [0.15, 0.2) is 67.0 Å². The summed E-state index contributed by atoms with van der Waals surface area (Å²) in [5.41, 5.74) is 13.8. The van der Waals surface area contributed by atoms with Crippen LogP contribution in [-0.4, -0.2) is 106 Å². The van der Waals surface area contributed by atoms with Gasteiger partial charge in [0.25, 0.3) is 0 Å². The van der Waals surface area contributed by atoms with Crippen molar-refractivity contribution < 1.29 is 19.1 Å². The number of carbonyl (C=O) groups excluding carboxylic acids is 2. The minimum atomic E-state index is -0.367. The molecule has 3 aromatic heterocycles. The molecule has 2 saturated carbocycles. The first-order valence-corrected chi connectivity index (χ1v) is 24.0. The number of nitrogen functional groups attached to an aromatic ring is 1. The molecule has 5 saturated heterocycles. The number of fused-ring (bicyclic) bond motifs is 3. The lowest BCUT2D eigenvalue weighted by Crippen LogP contribution is -2.54. The zero-order valence-corrected chi connectivity index (χ0v) is 36.9. The number of likely N-dealkylation sites (tertiary alicyclic amines) is 1. The molecule has 15 heteroatoms. The summed E-state index contributed by atoms with van der Waals surface area (Å²) in [5.74, 6) is 1.35. The predicted octanol–water partition coefficient (Wildman–Crippen LogP) is 7.44. The number of carbonyl (C=O) groups is 2. The summed E-state index contributed by atoms with van der Waals surface area (Å²) in [5, 5.41) is 22.6. The molecule has 7 aliphatic rings. The van der Waals surface area contributed by atoms with E-state index in [1.54, 1.807) is 29.3 Å². The number of nitrogens with zero attached hydrogens (tertiary/aromatic N) is 9. The number of halogens is 1. The number of phenols is 1. The molecule has 2 aromatic carbocycles. The number of benzene rings is 2. The summed E-state index contributed by atoms with van der Waals surface area (Å²) < 4.78 is 18.1. The molecule has 1 spiro atoms. The fourth-order valence-corrected chi connectivity index (χ4v) is 12.5. The molecule has 2 aliphatic carbocycles. The van der Waals surface area contributed by atoms with Gasteiger partial charge in [-0.2, -0.15) is 0 Å². The fourth-order valence-electron chi connectivity index (χ4n) is 12.5. The Labute approximate surface area is 378 Å². The summed E-state index contributed by atoms with van der Waals surface area (Å²) in [6.07, 6.45) is 16.0. The standard InChI is InChI=1S/C50H58FN11O3/c51-41-10-9-33(62-34-7-8-35(62)29-59(28-34)44-23-42(55-56-47(44)52)38-3-1-2-4-45(38)63)22-43(41)58-16-11-31(12-17-58)27-57-19-14-50(15-20-57)24-37(25-50)61-30-40(32-5-6-32)39-21-36(26-53-48(39)61)60-18-13-46(64)54-49(60)65/h1-4,9-10,21-23,26,30-32,34-35,37,63H,5-8,11-20,24-25,27-29H2,(H2,52,56)(H,54,64,65)/t34-,35+. The number of hydrogen-bond acceptors (Lipinski definition) is 11. The number of pyridine rings is 1. The number of rotatable bonds is 9. The molecule has 4 N–H and O–H groups in total. The van der Waals surface area contributed by atoms with Crippen LogP contribution in [-0.2, 0) is 4.79 Å². The maximum atomic E-state index is 15.7. The van der Waals surface area contributed by atoms with E-state index >= 15 is 4.39 Å². The molecule has 5 aliphatic heterocycles. The van der Waals surface area contributed by atoms with Crippen molar-refractivity contribution in [2.45, 2.75) is 94.7 Å². The Morgan fingerprint density at radius 1 is 0.815 bits per heavy atom. The second kappa shape index (κ2) is 15.9. The van der Waals surface area contributed by atoms with Crippen LogP contribution in [0.25, 0.3) is 22.3 Å². The Morgan fingerprint density at radius 3 is 2.32 bits per heavy atom. The molecular weight excluding hydrogens is 822 g/mol. The number of phenolic OH excluding ortho intramolecular Hbond substituents is 1. The van der Waals surface area contributed by atoms with Gasteiger partial charge in [-0.3, -0.25) is 15.0 Å². The fraction of sp³-hybridized carbons (Fsp3) is 0.500. The van der Waals surface area contributed by atoms with E-state index in [4.69, 9.17) is 10.7 Å². The molecule has 12 rings (SSSR count). The van der Waals surface area contributed by atoms with Gasteiger partial charge in [0.15, 0.2) is 5.82 Å². The van der Waals surface area contributed by atoms with Crippen molar-refractivity contribution in [2.75, 3.05) is 77.7 Å². The number of urea groups is 1. The highest BCUT2D eigenvalue weighted by atomic mass is 19.1. The summed E-state index contributed by atoms with van der Waals surface area (Å²) in [7, 11) is 0. The maximum Gasteiger partial charge on any atom is 0.328 e.